The van der Waals surface area contributed by atoms with E-state index in [9.17, 15) is 4.79 Å². The van der Waals surface area contributed by atoms with Gasteiger partial charge in [-0.15, -0.1) is 0 Å². The van der Waals surface area contributed by atoms with Crippen LogP contribution in [0.15, 0.2) is 30.3 Å². The molecule has 0 aromatic heterocycles. The molecule has 1 aliphatic carbocycles. The second kappa shape index (κ2) is 6.18. The van der Waals surface area contributed by atoms with Gasteiger partial charge in [-0.25, -0.2) is 0 Å². The molecule has 3 N–H and O–H groups in total. The van der Waals surface area contributed by atoms with Crippen LogP contribution in [0.5, 0.6) is 0 Å². The molecule has 0 heterocycles. The number of nitrogens with two attached hydrogens (primary N) is 1. The Kier molecular flexibility index (Phi) is 4.72. The van der Waals surface area contributed by atoms with Crippen LogP contribution >= 0.6 is 0 Å². The molecule has 1 aromatic rings. The number of hydrogen-bond acceptors (Lipinski definition) is 2. The number of benzene rings is 1. The molecule has 1 aromatic carbocycles. The van der Waals surface area contributed by atoms with Crippen LogP contribution in [0.4, 0.5) is 0 Å². The van der Waals surface area contributed by atoms with Crippen molar-refractivity contribution in [2.75, 3.05) is 0 Å². The predicted octanol–water partition coefficient (Wildman–Crippen LogP) is 3.24. The van der Waals surface area contributed by atoms with Crippen molar-refractivity contribution in [3.8, 4) is 0 Å². The fourth-order valence-corrected chi connectivity index (χ4v) is 3.35. The van der Waals surface area contributed by atoms with Crippen LogP contribution in [0.25, 0.3) is 0 Å². The zero-order valence-electron chi connectivity index (χ0n) is 13.5. The maximum absolute atomic E-state index is 12.0. The zero-order valence-corrected chi connectivity index (χ0v) is 13.5. The summed E-state index contributed by atoms with van der Waals surface area (Å²) >= 11 is 0. The highest BCUT2D eigenvalue weighted by molar-refractivity contribution is 5.84. The summed E-state index contributed by atoms with van der Waals surface area (Å²) < 4.78 is 0. The number of carbonyl (C=O) groups is 1. The van der Waals surface area contributed by atoms with Gasteiger partial charge in [0, 0.05) is 6.54 Å². The van der Waals surface area contributed by atoms with Gasteiger partial charge in [0.05, 0.1) is 5.54 Å². The quantitative estimate of drug-likeness (QED) is 0.893. The lowest BCUT2D eigenvalue weighted by Crippen LogP contribution is -2.57. The molecule has 0 aliphatic heterocycles. The summed E-state index contributed by atoms with van der Waals surface area (Å²) in [6.07, 6.45) is 3.82. The molecule has 1 aliphatic rings. The predicted molar refractivity (Wildman–Crippen MR) is 86.6 cm³/mol. The first-order valence-electron chi connectivity index (χ1n) is 7.92. The molecule has 1 saturated carbocycles. The summed E-state index contributed by atoms with van der Waals surface area (Å²) in [5.41, 5.74) is 6.69. The molecule has 1 amide bonds. The average molecular weight is 288 g/mol. The number of hydrogen-bond donors (Lipinski definition) is 2. The monoisotopic (exact) mass is 288 g/mol. The lowest BCUT2D eigenvalue weighted by molar-refractivity contribution is -0.126. The maximum atomic E-state index is 12.0. The fraction of sp³-hybridized carbons (Fsp3) is 0.611. The highest BCUT2D eigenvalue weighted by atomic mass is 16.1. The number of primary amides is 1. The molecule has 0 spiro atoms. The summed E-state index contributed by atoms with van der Waals surface area (Å²) in [5, 5.41) is 3.45. The van der Waals surface area contributed by atoms with Gasteiger partial charge in [-0.2, -0.15) is 0 Å². The fourth-order valence-electron chi connectivity index (χ4n) is 3.35. The highest BCUT2D eigenvalue weighted by Crippen LogP contribution is 2.41. The Balaban J connectivity index is 2.01. The molecule has 116 valence electrons. The van der Waals surface area contributed by atoms with Gasteiger partial charge in [0.25, 0.3) is 0 Å². The van der Waals surface area contributed by atoms with Crippen LogP contribution in [0, 0.1) is 11.3 Å². The molecule has 0 unspecified atom stereocenters. The first-order chi connectivity index (χ1) is 9.83. The van der Waals surface area contributed by atoms with Crippen molar-refractivity contribution in [1.82, 2.24) is 5.32 Å². The lowest BCUT2D eigenvalue weighted by atomic mass is 9.67. The Morgan fingerprint density at radius 2 is 1.81 bits per heavy atom. The van der Waals surface area contributed by atoms with Gasteiger partial charge < -0.3 is 5.73 Å². The van der Waals surface area contributed by atoms with E-state index in [0.29, 0.717) is 17.9 Å². The van der Waals surface area contributed by atoms with Crippen LogP contribution in [0.3, 0.4) is 0 Å². The minimum Gasteiger partial charge on any atom is -0.368 e. The van der Waals surface area contributed by atoms with Crippen LogP contribution < -0.4 is 11.1 Å². The van der Waals surface area contributed by atoms with Crippen molar-refractivity contribution in [2.24, 2.45) is 17.1 Å². The van der Waals surface area contributed by atoms with Crippen LogP contribution in [0.2, 0.25) is 0 Å². The molecule has 21 heavy (non-hydrogen) atoms. The van der Waals surface area contributed by atoms with Gasteiger partial charge in [-0.3, -0.25) is 10.1 Å². The van der Waals surface area contributed by atoms with Gasteiger partial charge in [0.2, 0.25) is 5.91 Å². The zero-order chi connectivity index (χ0) is 15.5. The molecule has 1 fully saturated rings. The van der Waals surface area contributed by atoms with E-state index in [1.165, 1.54) is 5.56 Å². The molecule has 0 saturated heterocycles. The van der Waals surface area contributed by atoms with E-state index < -0.39 is 5.54 Å². The normalized spacial score (nSPS) is 26.5. The Labute approximate surface area is 128 Å². The second-order valence-electron chi connectivity index (χ2n) is 7.43. The Hall–Kier alpha value is -1.35. The second-order valence-corrected chi connectivity index (χ2v) is 7.43. The van der Waals surface area contributed by atoms with Gasteiger partial charge >= 0.3 is 0 Å². The van der Waals surface area contributed by atoms with E-state index in [-0.39, 0.29) is 5.91 Å². The number of nitrogens with one attached hydrogen (secondary N) is 1. The molecule has 3 nitrogen and oxygen atoms in total. The van der Waals surface area contributed by atoms with E-state index >= 15 is 0 Å². The summed E-state index contributed by atoms with van der Waals surface area (Å²) in [6, 6.07) is 10.2. The van der Waals surface area contributed by atoms with E-state index in [0.717, 1.165) is 25.7 Å². The summed E-state index contributed by atoms with van der Waals surface area (Å²) in [6.45, 7) is 7.55. The third-order valence-electron chi connectivity index (χ3n) is 5.01. The molecular formula is C18H28N2O. The van der Waals surface area contributed by atoms with Crippen molar-refractivity contribution in [3.63, 3.8) is 0 Å². The smallest absolute Gasteiger partial charge is 0.237 e. The first-order valence-corrected chi connectivity index (χ1v) is 7.92. The van der Waals surface area contributed by atoms with Crippen molar-refractivity contribution < 1.29 is 4.79 Å². The maximum Gasteiger partial charge on any atom is 0.237 e. The largest absolute Gasteiger partial charge is 0.368 e. The Morgan fingerprint density at radius 1 is 1.24 bits per heavy atom. The van der Waals surface area contributed by atoms with Gasteiger partial charge in [0.15, 0.2) is 0 Å². The van der Waals surface area contributed by atoms with E-state index in [1.807, 2.05) is 18.2 Å². The van der Waals surface area contributed by atoms with Crippen molar-refractivity contribution in [2.45, 2.75) is 58.5 Å². The van der Waals surface area contributed by atoms with Gasteiger partial charge in [-0.1, -0.05) is 51.1 Å². The molecule has 0 atom stereocenters. The number of carbonyl (C=O) groups excluding carboxylic acids is 1. The average Bonchev–Trinajstić information content (AvgIpc) is 2.45. The third-order valence-corrected chi connectivity index (χ3v) is 5.01. The van der Waals surface area contributed by atoms with Gasteiger partial charge in [0.1, 0.15) is 0 Å². The minimum atomic E-state index is -0.530. The first kappa shape index (κ1) is 16.0. The highest BCUT2D eigenvalue weighted by Gasteiger charge is 2.42. The minimum absolute atomic E-state index is 0.203. The third kappa shape index (κ3) is 3.85. The lowest BCUT2D eigenvalue weighted by Gasteiger charge is -2.43. The van der Waals surface area contributed by atoms with Crippen LogP contribution in [-0.4, -0.2) is 11.4 Å². The van der Waals surface area contributed by atoms with Gasteiger partial charge in [-0.05, 0) is 42.6 Å². The Morgan fingerprint density at radius 3 is 2.29 bits per heavy atom. The Bertz CT molecular complexity index is 468. The number of amides is 1. The molecule has 3 heteroatoms. The van der Waals surface area contributed by atoms with Crippen molar-refractivity contribution in [3.05, 3.63) is 35.9 Å². The molecular weight excluding hydrogens is 260 g/mol. The summed E-state index contributed by atoms with van der Waals surface area (Å²) in [5.74, 6) is 0.467. The molecule has 0 radical (unpaired) electrons. The topological polar surface area (TPSA) is 55.1 Å². The van der Waals surface area contributed by atoms with Crippen molar-refractivity contribution in [1.29, 1.82) is 0 Å². The van der Waals surface area contributed by atoms with E-state index in [4.69, 9.17) is 5.73 Å². The molecule has 2 rings (SSSR count). The number of rotatable bonds is 4. The van der Waals surface area contributed by atoms with Crippen LogP contribution in [-0.2, 0) is 11.3 Å². The molecule has 0 bridgehead atoms. The van der Waals surface area contributed by atoms with Crippen molar-refractivity contribution >= 4 is 5.91 Å². The summed E-state index contributed by atoms with van der Waals surface area (Å²) in [7, 11) is 0. The summed E-state index contributed by atoms with van der Waals surface area (Å²) in [4.78, 5) is 12.0. The van der Waals surface area contributed by atoms with E-state index in [2.05, 4.69) is 38.2 Å². The standard InChI is InChI=1S/C18H28N2O/c1-17(2,3)15-9-11-18(12-10-15,16(19)21)20-13-14-7-5-4-6-8-14/h4-8,15,20H,9-13H2,1-3H3,(H2,19,21). The SMILES string of the molecule is CC(C)(C)C1CCC(NCc2ccccc2)(C(N)=O)CC1. The van der Waals surface area contributed by atoms with Crippen LogP contribution in [0.1, 0.15) is 52.0 Å². The van der Waals surface area contributed by atoms with E-state index in [1.54, 1.807) is 0 Å².